The first-order valence-corrected chi connectivity index (χ1v) is 12.5. The highest BCUT2D eigenvalue weighted by atomic mass is 32.2. The van der Waals surface area contributed by atoms with Gasteiger partial charge in [-0.25, -0.2) is 8.42 Å². The van der Waals surface area contributed by atoms with Crippen molar-refractivity contribution in [3.63, 3.8) is 0 Å². The zero-order valence-electron chi connectivity index (χ0n) is 17.3. The van der Waals surface area contributed by atoms with E-state index >= 15 is 0 Å². The molecule has 0 bridgehead atoms. The second-order valence-corrected chi connectivity index (χ2v) is 10.8. The van der Waals surface area contributed by atoms with Gasteiger partial charge in [-0.3, -0.25) is 0 Å². The molecule has 3 rings (SSSR count). The van der Waals surface area contributed by atoms with Crippen LogP contribution in [0.1, 0.15) is 62.6 Å². The first kappa shape index (κ1) is 20.8. The van der Waals surface area contributed by atoms with Gasteiger partial charge in [0.1, 0.15) is 0 Å². The minimum atomic E-state index is -3.09. The van der Waals surface area contributed by atoms with E-state index in [1.54, 1.807) is 4.31 Å². The maximum atomic E-state index is 11.7. The van der Waals surface area contributed by atoms with E-state index in [0.29, 0.717) is 19.1 Å². The third-order valence-corrected chi connectivity index (χ3v) is 7.67. The molecule has 27 heavy (non-hydrogen) atoms. The summed E-state index contributed by atoms with van der Waals surface area (Å²) in [5.41, 5.74) is 3.93. The summed E-state index contributed by atoms with van der Waals surface area (Å²) in [6, 6.07) is 7.35. The maximum Gasteiger partial charge on any atom is 0.211 e. The number of piperidine rings is 1. The molecule has 0 aliphatic carbocycles. The number of fused-ring (bicyclic) bond motifs is 1. The molecule has 0 aromatic heterocycles. The number of benzene rings is 1. The van der Waals surface area contributed by atoms with Crippen molar-refractivity contribution in [1.29, 1.82) is 0 Å². The summed E-state index contributed by atoms with van der Waals surface area (Å²) in [6.45, 7) is 8.30. The van der Waals surface area contributed by atoms with Crippen molar-refractivity contribution < 1.29 is 8.42 Å². The fourth-order valence-corrected chi connectivity index (χ4v) is 5.34. The normalized spacial score (nSPS) is 20.1. The molecule has 0 atom stereocenters. The minimum absolute atomic E-state index is 0.531. The largest absolute Gasteiger partial charge is 0.301 e. The Balaban J connectivity index is 1.41. The lowest BCUT2D eigenvalue weighted by atomic mass is 9.90. The summed E-state index contributed by atoms with van der Waals surface area (Å²) in [5, 5.41) is 0. The molecular formula is C22H36N2O2S. The second kappa shape index (κ2) is 9.06. The van der Waals surface area contributed by atoms with E-state index in [0.717, 1.165) is 18.8 Å². The topological polar surface area (TPSA) is 40.6 Å². The number of rotatable bonds is 7. The Morgan fingerprint density at radius 3 is 2.48 bits per heavy atom. The van der Waals surface area contributed by atoms with Crippen LogP contribution in [0.2, 0.25) is 0 Å². The molecule has 2 aliphatic rings. The Bertz CT molecular complexity index is 722. The van der Waals surface area contributed by atoms with Gasteiger partial charge < -0.3 is 4.90 Å². The zero-order chi connectivity index (χ0) is 19.4. The SMILES string of the molecule is CC(C)N1CCC(CCCCc2ccc3c(c2)CCN(S(C)(=O)=O)C3)CC1. The Labute approximate surface area is 166 Å². The second-order valence-electron chi connectivity index (χ2n) is 8.77. The van der Waals surface area contributed by atoms with Gasteiger partial charge in [0.05, 0.1) is 6.26 Å². The van der Waals surface area contributed by atoms with Crippen LogP contribution in [0.4, 0.5) is 0 Å². The minimum Gasteiger partial charge on any atom is -0.301 e. The molecule has 0 saturated carbocycles. The molecule has 0 spiro atoms. The number of likely N-dealkylation sites (tertiary alicyclic amines) is 1. The Morgan fingerprint density at radius 2 is 1.81 bits per heavy atom. The number of hydrogen-bond donors (Lipinski definition) is 0. The molecule has 5 heteroatoms. The van der Waals surface area contributed by atoms with Crippen molar-refractivity contribution in [2.24, 2.45) is 5.92 Å². The first-order chi connectivity index (χ1) is 12.8. The summed E-state index contributed by atoms with van der Waals surface area (Å²) in [4.78, 5) is 2.61. The van der Waals surface area contributed by atoms with Gasteiger partial charge in [-0.2, -0.15) is 4.31 Å². The fourth-order valence-electron chi connectivity index (χ4n) is 4.54. The van der Waals surface area contributed by atoms with Crippen LogP contribution in [0.15, 0.2) is 18.2 Å². The van der Waals surface area contributed by atoms with Gasteiger partial charge in [-0.1, -0.05) is 31.0 Å². The third kappa shape index (κ3) is 5.78. The quantitative estimate of drug-likeness (QED) is 0.662. The van der Waals surface area contributed by atoms with Crippen molar-refractivity contribution in [2.75, 3.05) is 25.9 Å². The first-order valence-electron chi connectivity index (χ1n) is 10.6. The fraction of sp³-hybridized carbons (Fsp3) is 0.727. The Kier molecular flexibility index (Phi) is 6.98. The van der Waals surface area contributed by atoms with Gasteiger partial charge in [-0.15, -0.1) is 0 Å². The molecule has 0 amide bonds. The summed E-state index contributed by atoms with van der Waals surface area (Å²) >= 11 is 0. The lowest BCUT2D eigenvalue weighted by Gasteiger charge is -2.34. The predicted octanol–water partition coefficient (Wildman–Crippen LogP) is 3.84. The van der Waals surface area contributed by atoms with Crippen LogP contribution in [-0.4, -0.2) is 49.6 Å². The summed E-state index contributed by atoms with van der Waals surface area (Å²) in [7, 11) is -3.09. The van der Waals surface area contributed by atoms with Crippen molar-refractivity contribution in [3.05, 3.63) is 34.9 Å². The molecule has 2 heterocycles. The summed E-state index contributed by atoms with van der Waals surface area (Å²) in [5.74, 6) is 0.922. The molecule has 0 N–H and O–H groups in total. The molecule has 1 aromatic carbocycles. The molecule has 152 valence electrons. The van der Waals surface area contributed by atoms with Crippen LogP contribution in [-0.2, 0) is 29.4 Å². The van der Waals surface area contributed by atoms with E-state index in [-0.39, 0.29) is 0 Å². The van der Waals surface area contributed by atoms with Gasteiger partial charge in [0.15, 0.2) is 0 Å². The molecule has 0 radical (unpaired) electrons. The average Bonchev–Trinajstić information content (AvgIpc) is 2.64. The smallest absolute Gasteiger partial charge is 0.211 e. The standard InChI is InChI=1S/C22H36N2O2S/c1-18(2)23-13-10-19(11-14-23)6-4-5-7-20-8-9-22-17-24(27(3,25)26)15-12-21(22)16-20/h8-9,16,18-19H,4-7,10-15,17H2,1-3H3. The van der Waals surface area contributed by atoms with Crippen molar-refractivity contribution in [2.45, 2.75) is 71.4 Å². The molecular weight excluding hydrogens is 356 g/mol. The number of aryl methyl sites for hydroxylation is 1. The van der Waals surface area contributed by atoms with Gasteiger partial charge in [-0.05, 0) is 81.6 Å². The lowest BCUT2D eigenvalue weighted by molar-refractivity contribution is 0.144. The molecule has 0 unspecified atom stereocenters. The molecule has 2 aliphatic heterocycles. The van der Waals surface area contributed by atoms with E-state index in [2.05, 4.69) is 36.9 Å². The van der Waals surface area contributed by atoms with Gasteiger partial charge in [0, 0.05) is 19.1 Å². The van der Waals surface area contributed by atoms with Crippen molar-refractivity contribution in [1.82, 2.24) is 9.21 Å². The highest BCUT2D eigenvalue weighted by Gasteiger charge is 2.23. The average molecular weight is 393 g/mol. The van der Waals surface area contributed by atoms with Crippen LogP contribution in [0.25, 0.3) is 0 Å². The maximum absolute atomic E-state index is 11.7. The molecule has 1 saturated heterocycles. The van der Waals surface area contributed by atoms with E-state index in [1.807, 2.05) is 0 Å². The number of nitrogens with zero attached hydrogens (tertiary/aromatic N) is 2. The predicted molar refractivity (Wildman–Crippen MR) is 112 cm³/mol. The van der Waals surface area contributed by atoms with Crippen LogP contribution in [0.3, 0.4) is 0 Å². The van der Waals surface area contributed by atoms with Crippen LogP contribution >= 0.6 is 0 Å². The van der Waals surface area contributed by atoms with E-state index in [4.69, 9.17) is 0 Å². The van der Waals surface area contributed by atoms with Crippen molar-refractivity contribution >= 4 is 10.0 Å². The van der Waals surface area contributed by atoms with Gasteiger partial charge in [0.25, 0.3) is 0 Å². The van der Waals surface area contributed by atoms with Crippen LogP contribution in [0, 0.1) is 5.92 Å². The van der Waals surface area contributed by atoms with E-state index in [9.17, 15) is 8.42 Å². The highest BCUT2D eigenvalue weighted by molar-refractivity contribution is 7.88. The van der Waals surface area contributed by atoms with Gasteiger partial charge in [0.2, 0.25) is 10.0 Å². The van der Waals surface area contributed by atoms with E-state index in [1.165, 1.54) is 68.1 Å². The number of unbranched alkanes of at least 4 members (excludes halogenated alkanes) is 1. The molecule has 1 fully saturated rings. The number of sulfonamides is 1. The lowest BCUT2D eigenvalue weighted by Crippen LogP contribution is -2.38. The Morgan fingerprint density at radius 1 is 1.07 bits per heavy atom. The van der Waals surface area contributed by atoms with Crippen LogP contribution in [0.5, 0.6) is 0 Å². The number of hydrogen-bond acceptors (Lipinski definition) is 3. The molecule has 1 aromatic rings. The van der Waals surface area contributed by atoms with Gasteiger partial charge >= 0.3 is 0 Å². The van der Waals surface area contributed by atoms with E-state index < -0.39 is 10.0 Å². The highest BCUT2D eigenvalue weighted by Crippen LogP contribution is 2.25. The monoisotopic (exact) mass is 392 g/mol. The van der Waals surface area contributed by atoms with Crippen molar-refractivity contribution in [3.8, 4) is 0 Å². The van der Waals surface area contributed by atoms with Crippen LogP contribution < -0.4 is 0 Å². The third-order valence-electron chi connectivity index (χ3n) is 6.42. The Hall–Kier alpha value is -0.910. The zero-order valence-corrected chi connectivity index (χ0v) is 18.1. The summed E-state index contributed by atoms with van der Waals surface area (Å²) in [6.07, 6.45) is 9.99. The molecule has 4 nitrogen and oxygen atoms in total. The summed E-state index contributed by atoms with van der Waals surface area (Å²) < 4.78 is 25.1.